The molecule has 1 fully saturated rings. The molecule has 31 heavy (non-hydrogen) atoms. The van der Waals surface area contributed by atoms with Gasteiger partial charge in [0.05, 0.1) is 17.8 Å². The number of carbonyl (C=O) groups is 1. The quantitative estimate of drug-likeness (QED) is 0.470. The zero-order valence-electron chi connectivity index (χ0n) is 16.0. The molecule has 1 saturated heterocycles. The highest BCUT2D eigenvalue weighted by atomic mass is 32.1. The molecule has 3 aromatic rings. The molecule has 1 aromatic carbocycles. The lowest BCUT2D eigenvalue weighted by Gasteiger charge is -2.34. The van der Waals surface area contributed by atoms with E-state index in [-0.39, 0.29) is 23.9 Å². The summed E-state index contributed by atoms with van der Waals surface area (Å²) in [4.78, 5) is 31.8. The monoisotopic (exact) mass is 454 g/mol. The fourth-order valence-corrected chi connectivity index (χ4v) is 4.20. The molecule has 1 amide bonds. The molecular formula is C18H17F3N6O3S. The number of imidazole rings is 1. The van der Waals surface area contributed by atoms with Crippen LogP contribution in [0.4, 0.5) is 30.5 Å². The number of amides is 1. The number of hydrogen-bond donors (Lipinski definition) is 1. The van der Waals surface area contributed by atoms with Crippen LogP contribution in [0.1, 0.15) is 5.56 Å². The predicted octanol–water partition coefficient (Wildman–Crippen LogP) is 3.08. The van der Waals surface area contributed by atoms with Gasteiger partial charge in [-0.1, -0.05) is 23.5 Å². The summed E-state index contributed by atoms with van der Waals surface area (Å²) in [6.07, 6.45) is -2.98. The Balaban J connectivity index is 1.38. The minimum Gasteiger partial charge on any atom is -0.358 e. The second-order valence-electron chi connectivity index (χ2n) is 6.93. The van der Waals surface area contributed by atoms with Crippen molar-refractivity contribution in [3.63, 3.8) is 0 Å². The third kappa shape index (κ3) is 4.32. The molecule has 4 rings (SSSR count). The van der Waals surface area contributed by atoms with Gasteiger partial charge in [-0.2, -0.15) is 22.6 Å². The van der Waals surface area contributed by atoms with E-state index in [4.69, 9.17) is 0 Å². The Labute approximate surface area is 177 Å². The molecule has 13 heteroatoms. The number of carbonyl (C=O) groups excluding carboxylic acids is 1. The lowest BCUT2D eigenvalue weighted by Crippen LogP contribution is -2.49. The normalized spacial score (nSPS) is 15.4. The Morgan fingerprint density at radius 3 is 2.61 bits per heavy atom. The Morgan fingerprint density at radius 2 is 1.94 bits per heavy atom. The lowest BCUT2D eigenvalue weighted by atomic mass is 10.1. The predicted molar refractivity (Wildman–Crippen MR) is 108 cm³/mol. The smallest absolute Gasteiger partial charge is 0.358 e. The SMILES string of the molecule is O=C(CN1CCN(c2nc3sccn3c2[N+](=O)[O-])CC1)Nc1ccccc1C(F)(F)F. The molecule has 1 N–H and O–H groups in total. The number of thiazole rings is 1. The summed E-state index contributed by atoms with van der Waals surface area (Å²) < 4.78 is 40.7. The molecule has 0 atom stereocenters. The maximum atomic E-state index is 13.1. The van der Waals surface area contributed by atoms with Gasteiger partial charge < -0.3 is 20.3 Å². The maximum Gasteiger partial charge on any atom is 0.418 e. The first kappa shape index (κ1) is 21.1. The summed E-state index contributed by atoms with van der Waals surface area (Å²) >= 11 is 1.29. The Hall–Kier alpha value is -3.19. The molecule has 0 saturated carbocycles. The third-order valence-corrected chi connectivity index (χ3v) is 5.69. The second-order valence-corrected chi connectivity index (χ2v) is 7.80. The molecule has 0 spiro atoms. The minimum absolute atomic E-state index is 0.0829. The molecular weight excluding hydrogens is 437 g/mol. The molecule has 0 bridgehead atoms. The summed E-state index contributed by atoms with van der Waals surface area (Å²) in [6, 6.07) is 4.81. The number of para-hydroxylation sites is 1. The summed E-state index contributed by atoms with van der Waals surface area (Å²) in [7, 11) is 0. The van der Waals surface area contributed by atoms with Gasteiger partial charge in [0.1, 0.15) is 6.20 Å². The molecule has 0 radical (unpaired) electrons. The van der Waals surface area contributed by atoms with Gasteiger partial charge in [0, 0.05) is 31.6 Å². The van der Waals surface area contributed by atoms with Crippen molar-refractivity contribution in [1.29, 1.82) is 0 Å². The van der Waals surface area contributed by atoms with E-state index in [0.717, 1.165) is 6.07 Å². The Bertz CT molecular complexity index is 1120. The van der Waals surface area contributed by atoms with Crippen LogP contribution in [0.25, 0.3) is 4.96 Å². The van der Waals surface area contributed by atoms with Gasteiger partial charge in [0.25, 0.3) is 4.96 Å². The van der Waals surface area contributed by atoms with Crippen LogP contribution >= 0.6 is 11.3 Å². The van der Waals surface area contributed by atoms with Crippen molar-refractivity contribution >= 4 is 39.5 Å². The van der Waals surface area contributed by atoms with Crippen molar-refractivity contribution in [2.24, 2.45) is 0 Å². The van der Waals surface area contributed by atoms with Crippen LogP contribution in [0.2, 0.25) is 0 Å². The number of rotatable bonds is 5. The maximum absolute atomic E-state index is 13.1. The minimum atomic E-state index is -4.57. The second kappa shape index (κ2) is 8.15. The first-order valence-electron chi connectivity index (χ1n) is 9.27. The van der Waals surface area contributed by atoms with E-state index in [1.165, 1.54) is 33.9 Å². The van der Waals surface area contributed by atoms with E-state index >= 15 is 0 Å². The van der Waals surface area contributed by atoms with Crippen LogP contribution < -0.4 is 10.2 Å². The first-order valence-corrected chi connectivity index (χ1v) is 10.2. The van der Waals surface area contributed by atoms with Crippen LogP contribution in [0.15, 0.2) is 35.8 Å². The fraction of sp³-hybridized carbons (Fsp3) is 0.333. The summed E-state index contributed by atoms with van der Waals surface area (Å²) in [6.45, 7) is 1.55. The molecule has 9 nitrogen and oxygen atoms in total. The molecule has 0 aliphatic carbocycles. The zero-order valence-corrected chi connectivity index (χ0v) is 16.8. The van der Waals surface area contributed by atoms with E-state index in [1.54, 1.807) is 21.4 Å². The molecule has 3 heterocycles. The largest absolute Gasteiger partial charge is 0.418 e. The van der Waals surface area contributed by atoms with Gasteiger partial charge in [-0.3, -0.25) is 9.69 Å². The van der Waals surface area contributed by atoms with E-state index in [9.17, 15) is 28.1 Å². The van der Waals surface area contributed by atoms with Gasteiger partial charge in [-0.25, -0.2) is 0 Å². The number of alkyl halides is 3. The highest BCUT2D eigenvalue weighted by molar-refractivity contribution is 7.15. The van der Waals surface area contributed by atoms with Crippen molar-refractivity contribution in [2.45, 2.75) is 6.18 Å². The number of piperazine rings is 1. The van der Waals surface area contributed by atoms with Gasteiger partial charge in [-0.05, 0) is 17.1 Å². The van der Waals surface area contributed by atoms with Gasteiger partial charge in [-0.15, -0.1) is 0 Å². The molecule has 0 unspecified atom stereocenters. The number of benzene rings is 1. The standard InChI is InChI=1S/C18H17F3N6O3S/c19-18(20,21)12-3-1-2-4-13(12)22-14(28)11-24-5-7-25(8-6-24)15-16(27(29)30)26-9-10-31-17(26)23-15/h1-4,9-10H,5-8,11H2,(H,22,28). The zero-order chi connectivity index (χ0) is 22.2. The average Bonchev–Trinajstić information content (AvgIpc) is 3.29. The fourth-order valence-electron chi connectivity index (χ4n) is 3.49. The van der Waals surface area contributed by atoms with Crippen molar-refractivity contribution in [1.82, 2.24) is 14.3 Å². The van der Waals surface area contributed by atoms with E-state index in [2.05, 4.69) is 10.3 Å². The molecule has 2 aromatic heterocycles. The van der Waals surface area contributed by atoms with Crippen LogP contribution in [0.3, 0.4) is 0 Å². The van der Waals surface area contributed by atoms with Crippen LogP contribution in [0, 0.1) is 10.1 Å². The van der Waals surface area contributed by atoms with Crippen molar-refractivity contribution in [3.05, 3.63) is 51.5 Å². The Kier molecular flexibility index (Phi) is 5.54. The number of aromatic nitrogens is 2. The van der Waals surface area contributed by atoms with Crippen LogP contribution in [-0.4, -0.2) is 57.8 Å². The molecule has 164 valence electrons. The van der Waals surface area contributed by atoms with E-state index in [0.29, 0.717) is 31.1 Å². The number of nitrogens with zero attached hydrogens (tertiary/aromatic N) is 5. The highest BCUT2D eigenvalue weighted by Crippen LogP contribution is 2.34. The third-order valence-electron chi connectivity index (χ3n) is 4.94. The Morgan fingerprint density at radius 1 is 1.23 bits per heavy atom. The molecule has 1 aliphatic rings. The van der Waals surface area contributed by atoms with Gasteiger partial charge >= 0.3 is 12.0 Å². The van der Waals surface area contributed by atoms with E-state index < -0.39 is 22.6 Å². The van der Waals surface area contributed by atoms with Gasteiger partial charge in [0.15, 0.2) is 0 Å². The van der Waals surface area contributed by atoms with Crippen LogP contribution in [0.5, 0.6) is 0 Å². The van der Waals surface area contributed by atoms with Gasteiger partial charge in [0.2, 0.25) is 11.7 Å². The van der Waals surface area contributed by atoms with E-state index in [1.807, 2.05) is 0 Å². The van der Waals surface area contributed by atoms with Crippen molar-refractivity contribution < 1.29 is 22.9 Å². The topological polar surface area (TPSA) is 96.0 Å². The molecule has 1 aliphatic heterocycles. The summed E-state index contributed by atoms with van der Waals surface area (Å²) in [5, 5.41) is 15.5. The number of nitrogens with one attached hydrogen (secondary N) is 1. The van der Waals surface area contributed by atoms with Crippen molar-refractivity contribution in [2.75, 3.05) is 42.9 Å². The number of fused-ring (bicyclic) bond motifs is 1. The van der Waals surface area contributed by atoms with Crippen molar-refractivity contribution in [3.8, 4) is 0 Å². The van der Waals surface area contributed by atoms with Crippen LogP contribution in [-0.2, 0) is 11.0 Å². The number of halogens is 3. The lowest BCUT2D eigenvalue weighted by molar-refractivity contribution is -0.389. The summed E-state index contributed by atoms with van der Waals surface area (Å²) in [5.74, 6) is -0.384. The summed E-state index contributed by atoms with van der Waals surface area (Å²) in [5.41, 5.74) is -1.19. The average molecular weight is 454 g/mol. The first-order chi connectivity index (χ1) is 14.7. The number of nitro groups is 1. The number of anilines is 2. The number of hydrogen-bond acceptors (Lipinski definition) is 7. The highest BCUT2D eigenvalue weighted by Gasteiger charge is 2.34.